The molecule has 0 radical (unpaired) electrons. The topological polar surface area (TPSA) is 50.4 Å². The van der Waals surface area contributed by atoms with E-state index >= 15 is 0 Å². The Morgan fingerprint density at radius 2 is 2.13 bits per heavy atom. The van der Waals surface area contributed by atoms with Gasteiger partial charge < -0.3 is 9.52 Å². The van der Waals surface area contributed by atoms with Crippen LogP contribution in [0.2, 0.25) is 0 Å². The molecule has 0 unspecified atom stereocenters. The van der Waals surface area contributed by atoms with E-state index in [9.17, 15) is 4.79 Å². The number of carbonyl (C=O) groups is 1. The van der Waals surface area contributed by atoms with Crippen molar-refractivity contribution in [2.45, 2.75) is 6.92 Å². The maximum absolute atomic E-state index is 10.8. The number of carboxylic acid groups (broad SMARTS) is 1. The molecule has 3 nitrogen and oxygen atoms in total. The van der Waals surface area contributed by atoms with Crippen LogP contribution in [-0.2, 0) is 0 Å². The van der Waals surface area contributed by atoms with Gasteiger partial charge in [-0.25, -0.2) is 4.79 Å². The summed E-state index contributed by atoms with van der Waals surface area (Å²) in [6.07, 6.45) is 1.57. The average Bonchev–Trinajstić information content (AvgIpc) is 2.71. The molecule has 2 rings (SSSR count). The van der Waals surface area contributed by atoms with Gasteiger partial charge in [0.1, 0.15) is 5.76 Å². The van der Waals surface area contributed by atoms with Gasteiger partial charge in [-0.05, 0) is 36.8 Å². The van der Waals surface area contributed by atoms with E-state index in [4.69, 9.17) is 9.52 Å². The predicted molar refractivity (Wildman–Crippen MR) is 55.8 cm³/mol. The van der Waals surface area contributed by atoms with Crippen molar-refractivity contribution in [2.75, 3.05) is 0 Å². The molecule has 0 aliphatic rings. The van der Waals surface area contributed by atoms with Crippen molar-refractivity contribution >= 4 is 5.97 Å². The van der Waals surface area contributed by atoms with E-state index in [0.29, 0.717) is 5.76 Å². The Hall–Kier alpha value is -2.03. The van der Waals surface area contributed by atoms with Crippen LogP contribution in [0.25, 0.3) is 11.3 Å². The number of hydrogen-bond acceptors (Lipinski definition) is 2. The fourth-order valence-electron chi connectivity index (χ4n) is 1.45. The Balaban J connectivity index is 2.55. The van der Waals surface area contributed by atoms with Crippen LogP contribution in [0.15, 0.2) is 41.0 Å². The summed E-state index contributed by atoms with van der Waals surface area (Å²) >= 11 is 0. The zero-order chi connectivity index (χ0) is 10.8. The van der Waals surface area contributed by atoms with Crippen LogP contribution >= 0.6 is 0 Å². The molecule has 0 atom stereocenters. The highest BCUT2D eigenvalue weighted by atomic mass is 16.4. The van der Waals surface area contributed by atoms with E-state index in [0.717, 1.165) is 11.1 Å². The van der Waals surface area contributed by atoms with E-state index in [1.165, 1.54) is 0 Å². The Morgan fingerprint density at radius 3 is 2.73 bits per heavy atom. The van der Waals surface area contributed by atoms with Gasteiger partial charge in [0, 0.05) is 5.56 Å². The summed E-state index contributed by atoms with van der Waals surface area (Å²) in [7, 11) is 0. The van der Waals surface area contributed by atoms with Crippen LogP contribution in [0, 0.1) is 6.92 Å². The Bertz CT molecular complexity index is 484. The Kier molecular flexibility index (Phi) is 2.29. The molecule has 0 aliphatic heterocycles. The van der Waals surface area contributed by atoms with Gasteiger partial charge in [-0.2, -0.15) is 0 Å². The lowest BCUT2D eigenvalue weighted by molar-refractivity contribution is 0.0697. The van der Waals surface area contributed by atoms with Crippen LogP contribution in [-0.4, -0.2) is 11.1 Å². The molecule has 0 spiro atoms. The van der Waals surface area contributed by atoms with Crippen molar-refractivity contribution in [3.8, 4) is 11.3 Å². The van der Waals surface area contributed by atoms with E-state index in [2.05, 4.69) is 0 Å². The van der Waals surface area contributed by atoms with Crippen LogP contribution in [0.1, 0.15) is 15.9 Å². The molecule has 1 N–H and O–H groups in total. The molecule has 0 saturated carbocycles. The number of rotatable bonds is 2. The van der Waals surface area contributed by atoms with Crippen molar-refractivity contribution in [1.29, 1.82) is 0 Å². The van der Waals surface area contributed by atoms with Crippen LogP contribution in [0.3, 0.4) is 0 Å². The van der Waals surface area contributed by atoms with Gasteiger partial charge in [0.05, 0.1) is 11.8 Å². The molecule has 3 heteroatoms. The van der Waals surface area contributed by atoms with E-state index < -0.39 is 5.97 Å². The standard InChI is InChI=1S/C12H10O3/c1-8-4-5-9(12(13)14)7-10(8)11-3-2-6-15-11/h2-7H,1H3,(H,13,14). The number of furan rings is 1. The van der Waals surface area contributed by atoms with Crippen molar-refractivity contribution < 1.29 is 14.3 Å². The van der Waals surface area contributed by atoms with Gasteiger partial charge in [-0.3, -0.25) is 0 Å². The minimum Gasteiger partial charge on any atom is -0.478 e. The summed E-state index contributed by atoms with van der Waals surface area (Å²) in [5.74, 6) is -0.238. The fourth-order valence-corrected chi connectivity index (χ4v) is 1.45. The van der Waals surface area contributed by atoms with E-state index in [-0.39, 0.29) is 5.56 Å². The molecule has 2 aromatic rings. The van der Waals surface area contributed by atoms with Gasteiger partial charge in [-0.1, -0.05) is 6.07 Å². The Labute approximate surface area is 87.0 Å². The second-order valence-corrected chi connectivity index (χ2v) is 3.31. The molecular formula is C12H10O3. The smallest absolute Gasteiger partial charge is 0.335 e. The second kappa shape index (κ2) is 3.61. The summed E-state index contributed by atoms with van der Waals surface area (Å²) < 4.78 is 5.24. The highest BCUT2D eigenvalue weighted by Crippen LogP contribution is 2.24. The number of carboxylic acids is 1. The first-order valence-corrected chi connectivity index (χ1v) is 4.56. The summed E-state index contributed by atoms with van der Waals surface area (Å²) in [6, 6.07) is 8.58. The third-order valence-electron chi connectivity index (χ3n) is 2.27. The highest BCUT2D eigenvalue weighted by Gasteiger charge is 2.09. The molecular weight excluding hydrogens is 192 g/mol. The van der Waals surface area contributed by atoms with E-state index in [1.54, 1.807) is 30.5 Å². The molecule has 15 heavy (non-hydrogen) atoms. The van der Waals surface area contributed by atoms with Gasteiger partial charge in [-0.15, -0.1) is 0 Å². The monoisotopic (exact) mass is 202 g/mol. The first-order valence-electron chi connectivity index (χ1n) is 4.56. The minimum atomic E-state index is -0.928. The van der Waals surface area contributed by atoms with Crippen molar-refractivity contribution in [1.82, 2.24) is 0 Å². The van der Waals surface area contributed by atoms with E-state index in [1.807, 2.05) is 13.0 Å². The maximum atomic E-state index is 10.8. The second-order valence-electron chi connectivity index (χ2n) is 3.31. The molecule has 0 saturated heterocycles. The lowest BCUT2D eigenvalue weighted by atomic mass is 10.0. The first kappa shape index (κ1) is 9.52. The van der Waals surface area contributed by atoms with Gasteiger partial charge in [0.25, 0.3) is 0 Å². The number of aromatic carboxylic acids is 1. The summed E-state index contributed by atoms with van der Waals surface area (Å²) in [5, 5.41) is 8.87. The highest BCUT2D eigenvalue weighted by molar-refractivity contribution is 5.89. The minimum absolute atomic E-state index is 0.270. The lowest BCUT2D eigenvalue weighted by Crippen LogP contribution is -1.96. The largest absolute Gasteiger partial charge is 0.478 e. The normalized spacial score (nSPS) is 10.2. The SMILES string of the molecule is Cc1ccc(C(=O)O)cc1-c1ccco1. The fraction of sp³-hybridized carbons (Fsp3) is 0.0833. The van der Waals surface area contributed by atoms with Gasteiger partial charge in [0.2, 0.25) is 0 Å². The molecule has 0 fully saturated rings. The zero-order valence-corrected chi connectivity index (χ0v) is 8.23. The van der Waals surface area contributed by atoms with Crippen molar-refractivity contribution in [3.63, 3.8) is 0 Å². The molecule has 1 heterocycles. The van der Waals surface area contributed by atoms with Crippen LogP contribution in [0.5, 0.6) is 0 Å². The summed E-state index contributed by atoms with van der Waals surface area (Å²) in [4.78, 5) is 10.8. The number of hydrogen-bond donors (Lipinski definition) is 1. The molecule has 0 bridgehead atoms. The molecule has 0 aliphatic carbocycles. The third-order valence-corrected chi connectivity index (χ3v) is 2.27. The maximum Gasteiger partial charge on any atom is 0.335 e. The Morgan fingerprint density at radius 1 is 1.33 bits per heavy atom. The summed E-state index contributed by atoms with van der Waals surface area (Å²) in [5.41, 5.74) is 2.09. The molecule has 0 amide bonds. The average molecular weight is 202 g/mol. The molecule has 76 valence electrons. The van der Waals surface area contributed by atoms with Crippen molar-refractivity contribution in [2.24, 2.45) is 0 Å². The number of aryl methyl sites for hydroxylation is 1. The predicted octanol–water partition coefficient (Wildman–Crippen LogP) is 2.95. The quantitative estimate of drug-likeness (QED) is 0.814. The lowest BCUT2D eigenvalue weighted by Gasteiger charge is -2.03. The summed E-state index contributed by atoms with van der Waals surface area (Å²) in [6.45, 7) is 1.92. The number of benzene rings is 1. The molecule has 1 aromatic heterocycles. The van der Waals surface area contributed by atoms with Gasteiger partial charge >= 0.3 is 5.97 Å². The van der Waals surface area contributed by atoms with Crippen molar-refractivity contribution in [3.05, 3.63) is 47.7 Å². The van der Waals surface area contributed by atoms with Crippen LogP contribution in [0.4, 0.5) is 0 Å². The van der Waals surface area contributed by atoms with Gasteiger partial charge in [0.15, 0.2) is 0 Å². The third kappa shape index (κ3) is 1.76. The molecule has 1 aromatic carbocycles. The van der Waals surface area contributed by atoms with Crippen LogP contribution < -0.4 is 0 Å². The first-order chi connectivity index (χ1) is 7.18. The zero-order valence-electron chi connectivity index (χ0n) is 8.23.